The monoisotopic (exact) mass is 320 g/mol. The van der Waals surface area contributed by atoms with E-state index in [9.17, 15) is 4.79 Å². The van der Waals surface area contributed by atoms with Crippen LogP contribution in [0.25, 0.3) is 11.3 Å². The number of rotatable bonds is 6. The van der Waals surface area contributed by atoms with Gasteiger partial charge in [-0.05, 0) is 12.1 Å². The molecule has 0 saturated carbocycles. The summed E-state index contributed by atoms with van der Waals surface area (Å²) in [6.07, 6.45) is -0.444. The summed E-state index contributed by atoms with van der Waals surface area (Å²) in [6.45, 7) is 1.24. The Morgan fingerprint density at radius 3 is 2.87 bits per heavy atom. The van der Waals surface area contributed by atoms with Crippen LogP contribution in [-0.4, -0.2) is 54.5 Å². The van der Waals surface area contributed by atoms with Crippen molar-refractivity contribution in [3.63, 3.8) is 0 Å². The molecule has 3 rings (SSSR count). The van der Waals surface area contributed by atoms with Crippen LogP contribution in [0.2, 0.25) is 0 Å². The first kappa shape index (κ1) is 15.3. The lowest BCUT2D eigenvalue weighted by Crippen LogP contribution is -2.19. The van der Waals surface area contributed by atoms with Crippen LogP contribution < -0.4 is 15.2 Å². The Balaban J connectivity index is 1.95. The molecule has 0 unspecified atom stereocenters. The van der Waals surface area contributed by atoms with Gasteiger partial charge in [-0.1, -0.05) is 6.07 Å². The van der Waals surface area contributed by atoms with E-state index in [1.165, 1.54) is 7.11 Å². The lowest BCUT2D eigenvalue weighted by molar-refractivity contribution is -0.0686. The zero-order valence-corrected chi connectivity index (χ0v) is 12.4. The molecule has 2 heterocycles. The number of hydrogen-bond acceptors (Lipinski definition) is 7. The molecule has 0 aliphatic carbocycles. The molecule has 3 N–H and O–H groups in total. The zero-order chi connectivity index (χ0) is 16.2. The van der Waals surface area contributed by atoms with Crippen LogP contribution in [0.15, 0.2) is 18.2 Å². The Labute approximate surface area is 131 Å². The Kier molecular flexibility index (Phi) is 4.40. The van der Waals surface area contributed by atoms with Crippen LogP contribution in [0, 0.1) is 0 Å². The van der Waals surface area contributed by atoms with Crippen molar-refractivity contribution in [1.29, 1.82) is 0 Å². The number of carbonyl (C=O) groups excluding carboxylic acids is 1. The summed E-state index contributed by atoms with van der Waals surface area (Å²) < 4.78 is 21.8. The average Bonchev–Trinajstić information content (AvgIpc) is 3.23. The first-order valence-corrected chi connectivity index (χ1v) is 6.94. The Bertz CT molecular complexity index is 696. The number of benzene rings is 1. The third-order valence-electron chi connectivity index (χ3n) is 3.29. The van der Waals surface area contributed by atoms with Crippen LogP contribution in [0.4, 0.5) is 0 Å². The number of para-hydroxylation sites is 1. The number of ether oxygens (including phenoxy) is 4. The maximum Gasteiger partial charge on any atom is 0.271 e. The van der Waals surface area contributed by atoms with E-state index in [-0.39, 0.29) is 12.3 Å². The Morgan fingerprint density at radius 1 is 1.39 bits per heavy atom. The van der Waals surface area contributed by atoms with E-state index in [1.54, 1.807) is 18.2 Å². The van der Waals surface area contributed by atoms with Crippen molar-refractivity contribution in [2.75, 3.05) is 26.9 Å². The standard InChI is InChI=1S/C14H16N4O5/c1-20-9-4-2-3-8(11-12(14(15)19)17-18-16-11)13(9)23-7-10-21-5-6-22-10/h2-4,10H,5-7H2,1H3,(H2,15,19)(H,16,17,18). The number of primary amides is 1. The minimum atomic E-state index is -0.690. The molecule has 1 aromatic carbocycles. The van der Waals surface area contributed by atoms with Gasteiger partial charge in [-0.2, -0.15) is 15.4 Å². The largest absolute Gasteiger partial charge is 0.493 e. The fourth-order valence-electron chi connectivity index (χ4n) is 2.26. The number of nitrogens with one attached hydrogen (secondary N) is 1. The molecule has 0 spiro atoms. The highest BCUT2D eigenvalue weighted by Gasteiger charge is 2.23. The van der Waals surface area contributed by atoms with Gasteiger partial charge in [-0.15, -0.1) is 0 Å². The van der Waals surface area contributed by atoms with Gasteiger partial charge in [0.1, 0.15) is 12.3 Å². The van der Waals surface area contributed by atoms with E-state index in [4.69, 9.17) is 24.7 Å². The number of aromatic nitrogens is 3. The predicted molar refractivity (Wildman–Crippen MR) is 78.1 cm³/mol. The van der Waals surface area contributed by atoms with Crippen molar-refractivity contribution in [1.82, 2.24) is 15.4 Å². The van der Waals surface area contributed by atoms with Gasteiger partial charge < -0.3 is 24.7 Å². The molecule has 23 heavy (non-hydrogen) atoms. The van der Waals surface area contributed by atoms with Gasteiger partial charge in [0, 0.05) is 0 Å². The topological polar surface area (TPSA) is 122 Å². The first-order chi connectivity index (χ1) is 11.2. The van der Waals surface area contributed by atoms with Crippen molar-refractivity contribution in [3.8, 4) is 22.8 Å². The second-order valence-electron chi connectivity index (χ2n) is 4.70. The molecule has 9 heteroatoms. The Hall–Kier alpha value is -2.65. The average molecular weight is 320 g/mol. The number of H-pyrrole nitrogens is 1. The quantitative estimate of drug-likeness (QED) is 0.786. The number of methoxy groups -OCH3 is 1. The molecule has 122 valence electrons. The SMILES string of the molecule is COc1cccc(-c2n[nH]nc2C(N)=O)c1OCC1OCCO1. The summed E-state index contributed by atoms with van der Waals surface area (Å²) in [7, 11) is 1.52. The number of hydrogen-bond donors (Lipinski definition) is 2. The highest BCUT2D eigenvalue weighted by atomic mass is 16.7. The molecule has 1 saturated heterocycles. The van der Waals surface area contributed by atoms with Crippen LogP contribution in [0.5, 0.6) is 11.5 Å². The van der Waals surface area contributed by atoms with Gasteiger partial charge >= 0.3 is 0 Å². The van der Waals surface area contributed by atoms with Crippen molar-refractivity contribution in [3.05, 3.63) is 23.9 Å². The van der Waals surface area contributed by atoms with Gasteiger partial charge in [-0.3, -0.25) is 4.79 Å². The molecule has 0 bridgehead atoms. The molecule has 0 radical (unpaired) electrons. The number of amides is 1. The summed E-state index contributed by atoms with van der Waals surface area (Å²) in [4.78, 5) is 11.5. The molecular formula is C14H16N4O5. The summed E-state index contributed by atoms with van der Waals surface area (Å²) in [6, 6.07) is 5.22. The zero-order valence-electron chi connectivity index (χ0n) is 12.4. The molecule has 1 aliphatic heterocycles. The smallest absolute Gasteiger partial charge is 0.271 e. The van der Waals surface area contributed by atoms with E-state index in [0.29, 0.717) is 36.0 Å². The van der Waals surface area contributed by atoms with Crippen molar-refractivity contribution < 1.29 is 23.7 Å². The molecule has 1 aromatic heterocycles. The first-order valence-electron chi connectivity index (χ1n) is 6.94. The van der Waals surface area contributed by atoms with Crippen molar-refractivity contribution in [2.24, 2.45) is 5.73 Å². The summed E-state index contributed by atoms with van der Waals surface area (Å²) in [5.74, 6) is 0.203. The van der Waals surface area contributed by atoms with Gasteiger partial charge in [0.25, 0.3) is 5.91 Å². The van der Waals surface area contributed by atoms with Gasteiger partial charge in [0.15, 0.2) is 23.5 Å². The van der Waals surface area contributed by atoms with Crippen LogP contribution in [0.1, 0.15) is 10.5 Å². The molecule has 1 amide bonds. The molecule has 0 atom stereocenters. The number of nitrogens with two attached hydrogens (primary N) is 1. The van der Waals surface area contributed by atoms with Crippen LogP contribution in [0.3, 0.4) is 0 Å². The summed E-state index contributed by atoms with van der Waals surface area (Å²) >= 11 is 0. The fourth-order valence-corrected chi connectivity index (χ4v) is 2.26. The molecular weight excluding hydrogens is 304 g/mol. The van der Waals surface area contributed by atoms with Crippen LogP contribution >= 0.6 is 0 Å². The minimum absolute atomic E-state index is 0.0245. The molecule has 2 aromatic rings. The number of carbonyl (C=O) groups is 1. The summed E-state index contributed by atoms with van der Waals surface area (Å²) in [5.41, 5.74) is 6.17. The fraction of sp³-hybridized carbons (Fsp3) is 0.357. The number of aromatic amines is 1. The normalized spacial score (nSPS) is 14.8. The number of nitrogens with zero attached hydrogens (tertiary/aromatic N) is 2. The van der Waals surface area contributed by atoms with Gasteiger partial charge in [0.05, 0.1) is 25.9 Å². The highest BCUT2D eigenvalue weighted by molar-refractivity contribution is 5.97. The van der Waals surface area contributed by atoms with Crippen molar-refractivity contribution >= 4 is 5.91 Å². The van der Waals surface area contributed by atoms with Gasteiger partial charge in [0.2, 0.25) is 0 Å². The van der Waals surface area contributed by atoms with E-state index in [0.717, 1.165) is 0 Å². The molecule has 1 aliphatic rings. The minimum Gasteiger partial charge on any atom is -0.493 e. The lowest BCUT2D eigenvalue weighted by Gasteiger charge is -2.16. The second kappa shape index (κ2) is 6.63. The lowest BCUT2D eigenvalue weighted by atomic mass is 10.1. The van der Waals surface area contributed by atoms with E-state index in [1.807, 2.05) is 0 Å². The third-order valence-corrected chi connectivity index (χ3v) is 3.29. The van der Waals surface area contributed by atoms with Crippen molar-refractivity contribution in [2.45, 2.75) is 6.29 Å². The Morgan fingerprint density at radius 2 is 2.17 bits per heavy atom. The maximum absolute atomic E-state index is 11.5. The van der Waals surface area contributed by atoms with E-state index in [2.05, 4.69) is 15.4 Å². The highest BCUT2D eigenvalue weighted by Crippen LogP contribution is 2.38. The maximum atomic E-state index is 11.5. The molecule has 9 nitrogen and oxygen atoms in total. The predicted octanol–water partition coefficient (Wildman–Crippen LogP) is 0.331. The third kappa shape index (κ3) is 3.10. The summed E-state index contributed by atoms with van der Waals surface area (Å²) in [5, 5.41) is 10.2. The van der Waals surface area contributed by atoms with Crippen LogP contribution in [-0.2, 0) is 9.47 Å². The second-order valence-corrected chi connectivity index (χ2v) is 4.70. The molecule has 1 fully saturated rings. The van der Waals surface area contributed by atoms with E-state index < -0.39 is 12.2 Å². The van der Waals surface area contributed by atoms with Gasteiger partial charge in [-0.25, -0.2) is 0 Å². The van der Waals surface area contributed by atoms with E-state index >= 15 is 0 Å².